The second-order valence-corrected chi connectivity index (χ2v) is 6.73. The maximum atomic E-state index is 12.8. The minimum absolute atomic E-state index is 0.0910. The van der Waals surface area contributed by atoms with Gasteiger partial charge in [-0.1, -0.05) is 35.9 Å². The molecule has 28 heavy (non-hydrogen) atoms. The van der Waals surface area contributed by atoms with Gasteiger partial charge in [-0.2, -0.15) is 0 Å². The fraction of sp³-hybridized carbons (Fsp3) is 0.238. The number of carbonyl (C=O) groups is 2. The maximum absolute atomic E-state index is 12.8. The van der Waals surface area contributed by atoms with Crippen molar-refractivity contribution in [3.8, 4) is 11.5 Å². The normalized spacial score (nSPS) is 15.0. The number of halogens is 1. The Balaban J connectivity index is 1.85. The first-order valence-electron chi connectivity index (χ1n) is 8.72. The van der Waals surface area contributed by atoms with Gasteiger partial charge in [0.15, 0.2) is 0 Å². The van der Waals surface area contributed by atoms with E-state index in [4.69, 9.17) is 21.1 Å². The summed E-state index contributed by atoms with van der Waals surface area (Å²) in [6.07, 6.45) is 3.68. The molecular formula is C21H21ClN2O4. The van der Waals surface area contributed by atoms with E-state index in [2.05, 4.69) is 5.32 Å². The summed E-state index contributed by atoms with van der Waals surface area (Å²) in [6.45, 7) is 1.48. The summed E-state index contributed by atoms with van der Waals surface area (Å²) in [5, 5.41) is 3.18. The van der Waals surface area contributed by atoms with Crippen molar-refractivity contribution >= 4 is 35.2 Å². The Kier molecular flexibility index (Phi) is 5.90. The van der Waals surface area contributed by atoms with E-state index < -0.39 is 6.04 Å². The first-order chi connectivity index (χ1) is 13.4. The van der Waals surface area contributed by atoms with Gasteiger partial charge >= 0.3 is 0 Å². The van der Waals surface area contributed by atoms with Crippen molar-refractivity contribution in [1.82, 2.24) is 4.90 Å². The van der Waals surface area contributed by atoms with E-state index in [-0.39, 0.29) is 18.2 Å². The van der Waals surface area contributed by atoms with Gasteiger partial charge in [0.25, 0.3) is 0 Å². The molecule has 1 aliphatic heterocycles. The highest BCUT2D eigenvalue weighted by molar-refractivity contribution is 6.32. The van der Waals surface area contributed by atoms with Gasteiger partial charge in [0.1, 0.15) is 11.5 Å². The Hall–Kier alpha value is -2.99. The van der Waals surface area contributed by atoms with E-state index in [1.165, 1.54) is 21.1 Å². The van der Waals surface area contributed by atoms with E-state index in [1.807, 2.05) is 30.3 Å². The number of amides is 2. The number of carbonyl (C=O) groups excluding carboxylic acids is 2. The molecule has 6 nitrogen and oxygen atoms in total. The molecule has 1 atom stereocenters. The fourth-order valence-corrected chi connectivity index (χ4v) is 3.49. The van der Waals surface area contributed by atoms with Crippen molar-refractivity contribution in [3.63, 3.8) is 0 Å². The zero-order valence-corrected chi connectivity index (χ0v) is 16.6. The van der Waals surface area contributed by atoms with Crippen molar-refractivity contribution in [2.45, 2.75) is 19.4 Å². The van der Waals surface area contributed by atoms with Crippen LogP contribution in [0.5, 0.6) is 11.5 Å². The molecule has 0 spiro atoms. The highest BCUT2D eigenvalue weighted by Crippen LogP contribution is 2.37. The number of rotatable bonds is 5. The Morgan fingerprint density at radius 2 is 1.86 bits per heavy atom. The second-order valence-electron chi connectivity index (χ2n) is 6.33. The molecule has 1 aliphatic rings. The van der Waals surface area contributed by atoms with Crippen LogP contribution in [0.15, 0.2) is 42.6 Å². The molecule has 0 aromatic heterocycles. The van der Waals surface area contributed by atoms with E-state index in [0.717, 1.165) is 11.1 Å². The Morgan fingerprint density at radius 3 is 2.54 bits per heavy atom. The molecule has 2 aromatic rings. The highest BCUT2D eigenvalue weighted by atomic mass is 35.5. The van der Waals surface area contributed by atoms with Crippen LogP contribution in [-0.2, 0) is 9.59 Å². The van der Waals surface area contributed by atoms with Crippen molar-refractivity contribution in [1.29, 1.82) is 0 Å². The van der Waals surface area contributed by atoms with Crippen LogP contribution >= 0.6 is 11.6 Å². The van der Waals surface area contributed by atoms with Gasteiger partial charge in [-0.3, -0.25) is 9.59 Å². The van der Waals surface area contributed by atoms with Gasteiger partial charge in [0, 0.05) is 19.2 Å². The van der Waals surface area contributed by atoms with E-state index in [1.54, 1.807) is 23.2 Å². The number of methoxy groups -OCH3 is 2. The zero-order chi connectivity index (χ0) is 20.3. The van der Waals surface area contributed by atoms with E-state index >= 15 is 0 Å². The summed E-state index contributed by atoms with van der Waals surface area (Å²) in [7, 11) is 3.00. The summed E-state index contributed by atoms with van der Waals surface area (Å²) < 4.78 is 10.5. The number of benzene rings is 2. The molecule has 1 heterocycles. The number of nitrogens with one attached hydrogen (secondary N) is 1. The van der Waals surface area contributed by atoms with E-state index in [9.17, 15) is 9.59 Å². The zero-order valence-electron chi connectivity index (χ0n) is 15.9. The summed E-state index contributed by atoms with van der Waals surface area (Å²) in [5.41, 5.74) is 2.35. The molecule has 0 saturated carbocycles. The SMILES string of the molecule is COc1cc(OC)c(NC(=O)CC2c3ccccc3C=CN2C(C)=O)cc1Cl. The third-order valence-electron chi connectivity index (χ3n) is 4.60. The third kappa shape index (κ3) is 3.97. The van der Waals surface area contributed by atoms with Crippen molar-refractivity contribution in [2.75, 3.05) is 19.5 Å². The molecular weight excluding hydrogens is 380 g/mol. The molecule has 0 fully saturated rings. The molecule has 1 N–H and O–H groups in total. The van der Waals surface area contributed by atoms with Gasteiger partial charge in [-0.15, -0.1) is 0 Å². The van der Waals surface area contributed by atoms with Gasteiger partial charge in [0.2, 0.25) is 11.8 Å². The molecule has 0 saturated heterocycles. The molecule has 7 heteroatoms. The van der Waals surface area contributed by atoms with Crippen molar-refractivity contribution < 1.29 is 19.1 Å². The number of hydrogen-bond acceptors (Lipinski definition) is 4. The maximum Gasteiger partial charge on any atom is 0.226 e. The lowest BCUT2D eigenvalue weighted by molar-refractivity contribution is -0.129. The largest absolute Gasteiger partial charge is 0.495 e. The fourth-order valence-electron chi connectivity index (χ4n) is 3.25. The lowest BCUT2D eigenvalue weighted by Crippen LogP contribution is -2.33. The van der Waals surface area contributed by atoms with Crippen LogP contribution in [0.3, 0.4) is 0 Å². The average Bonchev–Trinajstić information content (AvgIpc) is 2.68. The van der Waals surface area contributed by atoms with Crippen molar-refractivity contribution in [3.05, 3.63) is 58.7 Å². The molecule has 3 rings (SSSR count). The topological polar surface area (TPSA) is 67.9 Å². The minimum Gasteiger partial charge on any atom is -0.495 e. The lowest BCUT2D eigenvalue weighted by Gasteiger charge is -2.32. The summed E-state index contributed by atoms with van der Waals surface area (Å²) in [4.78, 5) is 26.4. The predicted molar refractivity (Wildman–Crippen MR) is 109 cm³/mol. The van der Waals surface area contributed by atoms with Gasteiger partial charge in [0.05, 0.1) is 37.4 Å². The standard InChI is InChI=1S/C21H21ClN2O4/c1-13(25)24-9-8-14-6-4-5-7-15(14)18(24)11-21(26)23-17-10-16(22)19(27-2)12-20(17)28-3/h4-10,12,18H,11H2,1-3H3,(H,23,26). The molecule has 1 unspecified atom stereocenters. The first-order valence-corrected chi connectivity index (χ1v) is 9.09. The molecule has 2 aromatic carbocycles. The van der Waals surface area contributed by atoms with E-state index in [0.29, 0.717) is 22.2 Å². The van der Waals surface area contributed by atoms with Crippen LogP contribution in [0, 0.1) is 0 Å². The number of hydrogen-bond donors (Lipinski definition) is 1. The second kappa shape index (κ2) is 8.35. The number of anilines is 1. The predicted octanol–water partition coefficient (Wildman–Crippen LogP) is 4.26. The summed E-state index contributed by atoms with van der Waals surface area (Å²) in [6, 6.07) is 10.5. The Bertz CT molecular complexity index is 942. The van der Waals surface area contributed by atoms with Crippen LogP contribution < -0.4 is 14.8 Å². The summed E-state index contributed by atoms with van der Waals surface area (Å²) >= 11 is 6.17. The van der Waals surface area contributed by atoms with Gasteiger partial charge in [-0.25, -0.2) is 0 Å². The Morgan fingerprint density at radius 1 is 1.14 bits per heavy atom. The molecule has 2 amide bonds. The summed E-state index contributed by atoms with van der Waals surface area (Å²) in [5.74, 6) is 0.488. The molecule has 0 radical (unpaired) electrons. The van der Waals surface area contributed by atoms with Gasteiger partial charge in [-0.05, 0) is 23.3 Å². The van der Waals surface area contributed by atoms with Crippen LogP contribution in [0.2, 0.25) is 5.02 Å². The highest BCUT2D eigenvalue weighted by Gasteiger charge is 2.28. The van der Waals surface area contributed by atoms with Crippen molar-refractivity contribution in [2.24, 2.45) is 0 Å². The van der Waals surface area contributed by atoms with Crippen LogP contribution in [0.1, 0.15) is 30.5 Å². The lowest BCUT2D eigenvalue weighted by atomic mass is 9.93. The van der Waals surface area contributed by atoms with Crippen LogP contribution in [-0.4, -0.2) is 30.9 Å². The number of fused-ring (bicyclic) bond motifs is 1. The van der Waals surface area contributed by atoms with Gasteiger partial charge < -0.3 is 19.7 Å². The monoisotopic (exact) mass is 400 g/mol. The number of ether oxygens (including phenoxy) is 2. The third-order valence-corrected chi connectivity index (χ3v) is 4.89. The van der Waals surface area contributed by atoms with Crippen LogP contribution in [0.4, 0.5) is 5.69 Å². The smallest absolute Gasteiger partial charge is 0.226 e. The van der Waals surface area contributed by atoms with Crippen LogP contribution in [0.25, 0.3) is 6.08 Å². The molecule has 0 aliphatic carbocycles. The number of nitrogens with zero attached hydrogens (tertiary/aromatic N) is 1. The quantitative estimate of drug-likeness (QED) is 0.814. The first kappa shape index (κ1) is 19.8. The Labute approximate surface area is 168 Å². The average molecular weight is 401 g/mol. The molecule has 0 bridgehead atoms. The molecule has 146 valence electrons. The minimum atomic E-state index is -0.390.